The number of hydrogen-bond acceptors (Lipinski definition) is 7. The largest absolute Gasteiger partial charge is 0.342 e. The van der Waals surface area contributed by atoms with Gasteiger partial charge in [-0.15, -0.1) is 0 Å². The summed E-state index contributed by atoms with van der Waals surface area (Å²) in [7, 11) is 0. The molecule has 40 heavy (non-hydrogen) atoms. The average molecular weight is 565 g/mol. The molecule has 2 saturated heterocycles. The zero-order valence-corrected chi connectivity index (χ0v) is 25.0. The van der Waals surface area contributed by atoms with E-state index in [1.807, 2.05) is 13.0 Å². The lowest BCUT2D eigenvalue weighted by Gasteiger charge is -2.40. The highest BCUT2D eigenvalue weighted by molar-refractivity contribution is 6.32. The number of aromatic amines is 1. The SMILES string of the molecule is Cc1cc(Nc2nc(Nc3cc(C)c(C4CCN(C(=O)CN5C(C)CCCC5C)CC4)cc3C)ncc2Cl)n[nH]1. The number of amides is 1. The molecule has 3 aromatic rings. The molecule has 5 rings (SSSR count). The van der Waals surface area contributed by atoms with Crippen LogP contribution in [0.15, 0.2) is 24.4 Å². The smallest absolute Gasteiger partial charge is 0.236 e. The molecule has 1 amide bonds. The van der Waals surface area contributed by atoms with Crippen molar-refractivity contribution in [2.75, 3.05) is 30.3 Å². The van der Waals surface area contributed by atoms with Crippen molar-refractivity contribution in [2.45, 2.75) is 84.7 Å². The number of halogens is 1. The number of likely N-dealkylation sites (tertiary alicyclic amines) is 2. The van der Waals surface area contributed by atoms with Gasteiger partial charge in [0.2, 0.25) is 11.9 Å². The maximum atomic E-state index is 13.1. The Hall–Kier alpha value is -3.17. The van der Waals surface area contributed by atoms with Gasteiger partial charge in [0.15, 0.2) is 11.6 Å². The minimum Gasteiger partial charge on any atom is -0.342 e. The van der Waals surface area contributed by atoms with Gasteiger partial charge in [-0.2, -0.15) is 10.1 Å². The zero-order valence-electron chi connectivity index (χ0n) is 24.2. The van der Waals surface area contributed by atoms with Crippen molar-refractivity contribution in [2.24, 2.45) is 0 Å². The number of aromatic nitrogens is 4. The lowest BCUT2D eigenvalue weighted by Crippen LogP contribution is -2.50. The molecule has 2 aromatic heterocycles. The van der Waals surface area contributed by atoms with Crippen molar-refractivity contribution in [3.8, 4) is 0 Å². The Kier molecular flexibility index (Phi) is 8.61. The van der Waals surface area contributed by atoms with Crippen molar-refractivity contribution < 1.29 is 4.79 Å². The first-order chi connectivity index (χ1) is 19.2. The molecule has 2 fully saturated rings. The van der Waals surface area contributed by atoms with Crippen molar-refractivity contribution in [1.29, 1.82) is 0 Å². The van der Waals surface area contributed by atoms with E-state index in [4.69, 9.17) is 11.6 Å². The molecule has 0 spiro atoms. The summed E-state index contributed by atoms with van der Waals surface area (Å²) in [6, 6.07) is 7.31. The van der Waals surface area contributed by atoms with E-state index in [9.17, 15) is 4.79 Å². The molecule has 10 heteroatoms. The summed E-state index contributed by atoms with van der Waals surface area (Å²) in [4.78, 5) is 26.6. The van der Waals surface area contributed by atoms with Gasteiger partial charge in [0.05, 0.1) is 12.7 Å². The third-order valence-electron chi connectivity index (χ3n) is 8.54. The van der Waals surface area contributed by atoms with Crippen molar-refractivity contribution in [3.05, 3.63) is 51.8 Å². The average Bonchev–Trinajstić information content (AvgIpc) is 3.34. The van der Waals surface area contributed by atoms with Crippen LogP contribution in [-0.2, 0) is 4.79 Å². The molecule has 2 aliphatic rings. The number of carbonyl (C=O) groups is 1. The van der Waals surface area contributed by atoms with Gasteiger partial charge in [0.1, 0.15) is 5.02 Å². The Bertz CT molecular complexity index is 1340. The number of anilines is 4. The summed E-state index contributed by atoms with van der Waals surface area (Å²) in [6.45, 7) is 12.9. The Balaban J connectivity index is 1.21. The third-order valence-corrected chi connectivity index (χ3v) is 8.81. The van der Waals surface area contributed by atoms with Crippen molar-refractivity contribution in [1.82, 2.24) is 30.0 Å². The van der Waals surface area contributed by atoms with Crippen LogP contribution in [0.25, 0.3) is 0 Å². The zero-order chi connectivity index (χ0) is 28.4. The summed E-state index contributed by atoms with van der Waals surface area (Å²) in [5.41, 5.74) is 5.62. The van der Waals surface area contributed by atoms with E-state index < -0.39 is 0 Å². The molecule has 0 radical (unpaired) electrons. The highest BCUT2D eigenvalue weighted by Gasteiger charge is 2.30. The monoisotopic (exact) mass is 564 g/mol. The van der Waals surface area contributed by atoms with Crippen LogP contribution in [0.2, 0.25) is 5.02 Å². The van der Waals surface area contributed by atoms with Gasteiger partial charge >= 0.3 is 0 Å². The number of rotatable bonds is 7. The van der Waals surface area contributed by atoms with E-state index in [1.165, 1.54) is 30.4 Å². The van der Waals surface area contributed by atoms with E-state index in [1.54, 1.807) is 6.20 Å². The van der Waals surface area contributed by atoms with Gasteiger partial charge < -0.3 is 15.5 Å². The van der Waals surface area contributed by atoms with Gasteiger partial charge in [-0.05, 0) is 89.0 Å². The summed E-state index contributed by atoms with van der Waals surface area (Å²) < 4.78 is 0. The van der Waals surface area contributed by atoms with Crippen LogP contribution in [0.3, 0.4) is 0 Å². The maximum Gasteiger partial charge on any atom is 0.236 e. The number of H-pyrrole nitrogens is 1. The van der Waals surface area contributed by atoms with Gasteiger partial charge in [0.25, 0.3) is 0 Å². The molecular formula is C30H41ClN8O. The standard InChI is InChI=1S/C30H41ClN8O/c1-18-14-26(33-30-32-16-25(31)29(35-30)34-27-15-20(3)36-37-27)19(2)13-24(18)23-9-11-38(12-10-23)28(40)17-39-21(4)7-6-8-22(39)5/h13-16,21-23H,6-12,17H2,1-5H3,(H3,32,33,34,35,36,37). The van der Waals surface area contributed by atoms with E-state index in [2.05, 4.69) is 80.4 Å². The van der Waals surface area contributed by atoms with Gasteiger partial charge in [-0.1, -0.05) is 24.1 Å². The highest BCUT2D eigenvalue weighted by atomic mass is 35.5. The Labute approximate surface area is 242 Å². The van der Waals surface area contributed by atoms with Gasteiger partial charge in [-0.25, -0.2) is 4.98 Å². The second-order valence-electron chi connectivity index (χ2n) is 11.6. The molecule has 0 aliphatic carbocycles. The molecule has 0 saturated carbocycles. The van der Waals surface area contributed by atoms with Gasteiger partial charge in [-0.3, -0.25) is 14.8 Å². The van der Waals surface area contributed by atoms with Crippen LogP contribution in [0.1, 0.15) is 74.3 Å². The number of aryl methyl sites for hydroxylation is 3. The molecule has 214 valence electrons. The Morgan fingerprint density at radius 3 is 2.42 bits per heavy atom. The molecule has 4 heterocycles. The van der Waals surface area contributed by atoms with E-state index >= 15 is 0 Å². The van der Waals surface area contributed by atoms with Crippen molar-refractivity contribution >= 4 is 40.8 Å². The first-order valence-corrected chi connectivity index (χ1v) is 14.8. The number of nitrogens with zero attached hydrogens (tertiary/aromatic N) is 5. The maximum absolute atomic E-state index is 13.1. The number of hydrogen-bond donors (Lipinski definition) is 3. The fourth-order valence-electron chi connectivity index (χ4n) is 6.13. The summed E-state index contributed by atoms with van der Waals surface area (Å²) in [6.07, 6.45) is 7.21. The third kappa shape index (κ3) is 6.41. The molecule has 0 bridgehead atoms. The fraction of sp³-hybridized carbons (Fsp3) is 0.533. The quantitative estimate of drug-likeness (QED) is 0.312. The first kappa shape index (κ1) is 28.4. The summed E-state index contributed by atoms with van der Waals surface area (Å²) in [5.74, 6) is 2.32. The van der Waals surface area contributed by atoms with Gasteiger partial charge in [0, 0.05) is 42.6 Å². The predicted octanol–water partition coefficient (Wildman–Crippen LogP) is 6.23. The molecule has 2 unspecified atom stereocenters. The molecule has 9 nitrogen and oxygen atoms in total. The molecule has 3 N–H and O–H groups in total. The summed E-state index contributed by atoms with van der Waals surface area (Å²) >= 11 is 6.33. The number of nitrogens with one attached hydrogen (secondary N) is 3. The lowest BCUT2D eigenvalue weighted by molar-refractivity contribution is -0.135. The minimum absolute atomic E-state index is 0.283. The van der Waals surface area contributed by atoms with Crippen LogP contribution in [0.5, 0.6) is 0 Å². The lowest BCUT2D eigenvalue weighted by atomic mass is 9.85. The van der Waals surface area contributed by atoms with Crippen LogP contribution < -0.4 is 10.6 Å². The van der Waals surface area contributed by atoms with Crippen LogP contribution >= 0.6 is 11.6 Å². The number of piperidine rings is 2. The molecular weight excluding hydrogens is 524 g/mol. The molecule has 2 aliphatic heterocycles. The van der Waals surface area contributed by atoms with Crippen LogP contribution in [0.4, 0.5) is 23.3 Å². The Morgan fingerprint density at radius 2 is 1.75 bits per heavy atom. The second kappa shape index (κ2) is 12.1. The van der Waals surface area contributed by atoms with E-state index in [0.29, 0.717) is 47.2 Å². The van der Waals surface area contributed by atoms with E-state index in [0.717, 1.165) is 42.9 Å². The van der Waals surface area contributed by atoms with Crippen LogP contribution in [-0.4, -0.2) is 67.6 Å². The first-order valence-electron chi connectivity index (χ1n) is 14.4. The van der Waals surface area contributed by atoms with E-state index in [-0.39, 0.29) is 5.91 Å². The second-order valence-corrected chi connectivity index (χ2v) is 12.0. The number of carbonyl (C=O) groups excluding carboxylic acids is 1. The van der Waals surface area contributed by atoms with Crippen molar-refractivity contribution in [3.63, 3.8) is 0 Å². The fourth-order valence-corrected chi connectivity index (χ4v) is 6.27. The normalized spacial score (nSPS) is 20.5. The highest BCUT2D eigenvalue weighted by Crippen LogP contribution is 2.34. The minimum atomic E-state index is 0.283. The predicted molar refractivity (Wildman–Crippen MR) is 161 cm³/mol. The molecule has 2 atom stereocenters. The number of benzene rings is 1. The summed E-state index contributed by atoms with van der Waals surface area (Å²) in [5, 5.41) is 14.0. The Morgan fingerprint density at radius 1 is 1.02 bits per heavy atom. The topological polar surface area (TPSA) is 102 Å². The molecule has 1 aromatic carbocycles. The van der Waals surface area contributed by atoms with Crippen LogP contribution in [0, 0.1) is 20.8 Å².